The smallest absolute Gasteiger partial charge is 0.253 e. The van der Waals surface area contributed by atoms with Gasteiger partial charge in [0, 0.05) is 26.4 Å². The van der Waals surface area contributed by atoms with Crippen LogP contribution in [0.15, 0.2) is 12.3 Å². The number of methoxy groups -OCH3 is 1. The summed E-state index contributed by atoms with van der Waals surface area (Å²) < 4.78 is 4.85. The minimum Gasteiger partial charge on any atom is -0.383 e. The lowest BCUT2D eigenvalue weighted by Gasteiger charge is -2.08. The molecule has 1 amide bonds. The topological polar surface area (TPSA) is 63.2 Å². The van der Waals surface area contributed by atoms with Crippen LogP contribution >= 0.6 is 11.6 Å². The van der Waals surface area contributed by atoms with Gasteiger partial charge in [-0.05, 0) is 13.0 Å². The van der Waals surface area contributed by atoms with Crippen molar-refractivity contribution in [3.63, 3.8) is 0 Å². The summed E-state index contributed by atoms with van der Waals surface area (Å²) in [5.41, 5.74) is 0.411. The number of aromatic nitrogens is 1. The molecule has 0 saturated heterocycles. The number of nitrogens with one attached hydrogen (secondary N) is 2. The first kappa shape index (κ1) is 13.7. The van der Waals surface area contributed by atoms with E-state index < -0.39 is 0 Å². The molecule has 0 bridgehead atoms. The highest BCUT2D eigenvalue weighted by atomic mass is 35.5. The van der Waals surface area contributed by atoms with E-state index in [0.717, 1.165) is 6.54 Å². The SMILES string of the molecule is CCNc1cc(C(=O)NCCOC)c(Cl)cn1. The minimum absolute atomic E-state index is 0.228. The number of rotatable bonds is 6. The third-order valence-electron chi connectivity index (χ3n) is 2.05. The summed E-state index contributed by atoms with van der Waals surface area (Å²) in [6.07, 6.45) is 1.46. The van der Waals surface area contributed by atoms with Gasteiger partial charge in [0.25, 0.3) is 5.91 Å². The number of pyridine rings is 1. The third kappa shape index (κ3) is 4.20. The Bertz CT molecular complexity index is 385. The van der Waals surface area contributed by atoms with Gasteiger partial charge in [-0.3, -0.25) is 4.79 Å². The Morgan fingerprint density at radius 2 is 2.35 bits per heavy atom. The minimum atomic E-state index is -0.228. The highest BCUT2D eigenvalue weighted by molar-refractivity contribution is 6.33. The van der Waals surface area contributed by atoms with Gasteiger partial charge in [0.15, 0.2) is 0 Å². The maximum Gasteiger partial charge on any atom is 0.253 e. The molecule has 0 atom stereocenters. The molecule has 1 heterocycles. The monoisotopic (exact) mass is 257 g/mol. The van der Waals surface area contributed by atoms with Gasteiger partial charge < -0.3 is 15.4 Å². The number of hydrogen-bond donors (Lipinski definition) is 2. The lowest BCUT2D eigenvalue weighted by atomic mass is 10.2. The summed E-state index contributed by atoms with van der Waals surface area (Å²) in [4.78, 5) is 15.8. The largest absolute Gasteiger partial charge is 0.383 e. The van der Waals surface area contributed by atoms with Crippen molar-refractivity contribution >= 4 is 23.3 Å². The number of carbonyl (C=O) groups is 1. The molecule has 2 N–H and O–H groups in total. The number of hydrogen-bond acceptors (Lipinski definition) is 4. The molecule has 6 heteroatoms. The first-order valence-corrected chi connectivity index (χ1v) is 5.73. The first-order chi connectivity index (χ1) is 8.19. The lowest BCUT2D eigenvalue weighted by Crippen LogP contribution is -2.27. The van der Waals surface area contributed by atoms with E-state index in [0.29, 0.717) is 29.6 Å². The molecular formula is C11H16ClN3O2. The molecule has 0 radical (unpaired) electrons. The maximum atomic E-state index is 11.8. The molecule has 1 aromatic rings. The molecule has 17 heavy (non-hydrogen) atoms. The highest BCUT2D eigenvalue weighted by Gasteiger charge is 2.11. The van der Waals surface area contributed by atoms with E-state index in [1.165, 1.54) is 6.20 Å². The second kappa shape index (κ2) is 7.09. The zero-order valence-corrected chi connectivity index (χ0v) is 10.7. The molecule has 0 aliphatic carbocycles. The van der Waals surface area contributed by atoms with Crippen LogP contribution in [-0.4, -0.2) is 37.7 Å². The van der Waals surface area contributed by atoms with Gasteiger partial charge >= 0.3 is 0 Å². The molecule has 0 fully saturated rings. The Labute approximate surface area is 106 Å². The molecule has 1 rings (SSSR count). The molecule has 1 aromatic heterocycles. The summed E-state index contributed by atoms with van der Waals surface area (Å²) in [5, 5.41) is 6.06. The Kier molecular flexibility index (Phi) is 5.72. The number of amides is 1. The number of carbonyl (C=O) groups excluding carboxylic acids is 1. The first-order valence-electron chi connectivity index (χ1n) is 5.35. The Morgan fingerprint density at radius 3 is 3.00 bits per heavy atom. The predicted molar refractivity (Wildman–Crippen MR) is 67.6 cm³/mol. The van der Waals surface area contributed by atoms with E-state index in [2.05, 4.69) is 15.6 Å². The predicted octanol–water partition coefficient (Wildman–Crippen LogP) is 1.54. The molecular weight excluding hydrogens is 242 g/mol. The van der Waals surface area contributed by atoms with Crippen LogP contribution in [0.1, 0.15) is 17.3 Å². The van der Waals surface area contributed by atoms with Crippen LogP contribution in [0.4, 0.5) is 5.82 Å². The third-order valence-corrected chi connectivity index (χ3v) is 2.35. The standard InChI is InChI=1S/C11H16ClN3O2/c1-3-13-10-6-8(9(12)7-15-10)11(16)14-4-5-17-2/h6-7H,3-5H2,1-2H3,(H,13,15)(H,14,16). The van der Waals surface area contributed by atoms with Crippen molar-refractivity contribution < 1.29 is 9.53 Å². The molecule has 0 spiro atoms. The zero-order valence-electron chi connectivity index (χ0n) is 9.92. The number of halogens is 1. The summed E-state index contributed by atoms with van der Waals surface area (Å²) >= 11 is 5.92. The van der Waals surface area contributed by atoms with Crippen molar-refractivity contribution in [3.8, 4) is 0 Å². The van der Waals surface area contributed by atoms with Crippen LogP contribution in [0, 0.1) is 0 Å². The number of anilines is 1. The molecule has 0 aliphatic rings. The fourth-order valence-corrected chi connectivity index (χ4v) is 1.44. The lowest BCUT2D eigenvalue weighted by molar-refractivity contribution is 0.0937. The zero-order chi connectivity index (χ0) is 12.7. The summed E-state index contributed by atoms with van der Waals surface area (Å²) in [7, 11) is 1.58. The fourth-order valence-electron chi connectivity index (χ4n) is 1.25. The van der Waals surface area contributed by atoms with Gasteiger partial charge in [0.1, 0.15) is 5.82 Å². The van der Waals surface area contributed by atoms with Crippen molar-refractivity contribution in [1.82, 2.24) is 10.3 Å². The van der Waals surface area contributed by atoms with Crippen molar-refractivity contribution in [2.75, 3.05) is 32.1 Å². The summed E-state index contributed by atoms with van der Waals surface area (Å²) in [6.45, 7) is 3.60. The van der Waals surface area contributed by atoms with Crippen molar-refractivity contribution in [2.45, 2.75) is 6.92 Å². The molecule has 0 aliphatic heterocycles. The number of ether oxygens (including phenoxy) is 1. The quantitative estimate of drug-likeness (QED) is 0.759. The highest BCUT2D eigenvalue weighted by Crippen LogP contribution is 2.17. The van der Waals surface area contributed by atoms with Crippen molar-refractivity contribution in [1.29, 1.82) is 0 Å². The van der Waals surface area contributed by atoms with Crippen LogP contribution < -0.4 is 10.6 Å². The Morgan fingerprint density at radius 1 is 1.59 bits per heavy atom. The molecule has 0 unspecified atom stereocenters. The summed E-state index contributed by atoms with van der Waals surface area (Å²) in [6, 6.07) is 1.63. The van der Waals surface area contributed by atoms with Crippen LogP contribution in [0.25, 0.3) is 0 Å². The molecule has 5 nitrogen and oxygen atoms in total. The van der Waals surface area contributed by atoms with E-state index in [-0.39, 0.29) is 5.91 Å². The average Bonchev–Trinajstić information content (AvgIpc) is 2.32. The fraction of sp³-hybridized carbons (Fsp3) is 0.455. The Hall–Kier alpha value is -1.33. The van der Waals surface area contributed by atoms with Gasteiger partial charge in [-0.2, -0.15) is 0 Å². The van der Waals surface area contributed by atoms with Crippen molar-refractivity contribution in [2.24, 2.45) is 0 Å². The Balaban J connectivity index is 2.73. The molecule has 0 aromatic carbocycles. The van der Waals surface area contributed by atoms with Crippen LogP contribution in [-0.2, 0) is 4.74 Å². The molecule has 94 valence electrons. The second-order valence-electron chi connectivity index (χ2n) is 3.33. The van der Waals surface area contributed by atoms with E-state index in [9.17, 15) is 4.79 Å². The maximum absolute atomic E-state index is 11.8. The summed E-state index contributed by atoms with van der Waals surface area (Å²) in [5.74, 6) is 0.405. The van der Waals surface area contributed by atoms with E-state index in [4.69, 9.17) is 16.3 Å². The average molecular weight is 258 g/mol. The van der Waals surface area contributed by atoms with Crippen LogP contribution in [0.5, 0.6) is 0 Å². The normalized spacial score (nSPS) is 10.1. The second-order valence-corrected chi connectivity index (χ2v) is 3.74. The van der Waals surface area contributed by atoms with E-state index >= 15 is 0 Å². The molecule has 0 saturated carbocycles. The van der Waals surface area contributed by atoms with Gasteiger partial charge in [0.05, 0.1) is 17.2 Å². The van der Waals surface area contributed by atoms with Crippen LogP contribution in [0.3, 0.4) is 0 Å². The van der Waals surface area contributed by atoms with Crippen LogP contribution in [0.2, 0.25) is 5.02 Å². The van der Waals surface area contributed by atoms with Gasteiger partial charge in [-0.15, -0.1) is 0 Å². The van der Waals surface area contributed by atoms with Gasteiger partial charge in [0.2, 0.25) is 0 Å². The van der Waals surface area contributed by atoms with Gasteiger partial charge in [-0.1, -0.05) is 11.6 Å². The van der Waals surface area contributed by atoms with E-state index in [1.54, 1.807) is 13.2 Å². The number of nitrogens with zero attached hydrogens (tertiary/aromatic N) is 1. The van der Waals surface area contributed by atoms with Crippen molar-refractivity contribution in [3.05, 3.63) is 22.8 Å². The van der Waals surface area contributed by atoms with E-state index in [1.807, 2.05) is 6.92 Å². The van der Waals surface area contributed by atoms with Gasteiger partial charge in [-0.25, -0.2) is 4.98 Å².